The van der Waals surface area contributed by atoms with E-state index in [-0.39, 0.29) is 18.9 Å². The molecule has 1 radical (unpaired) electrons. The molecular formula is C29H31N4O4. The van der Waals surface area contributed by atoms with Gasteiger partial charge < -0.3 is 15.8 Å². The van der Waals surface area contributed by atoms with Gasteiger partial charge in [0, 0.05) is 36.3 Å². The Bertz CT molecular complexity index is 1210. The van der Waals surface area contributed by atoms with Gasteiger partial charge in [-0.3, -0.25) is 9.59 Å². The Kier molecular flexibility index (Phi) is 9.02. The van der Waals surface area contributed by atoms with Crippen LogP contribution >= 0.6 is 0 Å². The van der Waals surface area contributed by atoms with Crippen LogP contribution in [0.3, 0.4) is 0 Å². The number of hydrogen-bond acceptors (Lipinski definition) is 6. The number of nitrogens with one attached hydrogen (secondary N) is 1. The van der Waals surface area contributed by atoms with Crippen molar-refractivity contribution in [1.29, 1.82) is 0 Å². The maximum Gasteiger partial charge on any atom is 0.429 e. The van der Waals surface area contributed by atoms with Crippen molar-refractivity contribution >= 4 is 23.5 Å². The highest BCUT2D eigenvalue weighted by molar-refractivity contribution is 5.99. The number of nitrogens with two attached hydrogens (primary N) is 1. The highest BCUT2D eigenvalue weighted by Crippen LogP contribution is 2.33. The molecule has 0 aromatic heterocycles. The van der Waals surface area contributed by atoms with Crippen molar-refractivity contribution < 1.29 is 19.1 Å². The highest BCUT2D eigenvalue weighted by Gasteiger charge is 2.28. The van der Waals surface area contributed by atoms with E-state index in [1.54, 1.807) is 17.1 Å². The maximum absolute atomic E-state index is 13.4. The normalized spacial score (nSPS) is 13.6. The molecule has 0 aliphatic carbocycles. The predicted octanol–water partition coefficient (Wildman–Crippen LogP) is 4.08. The molecule has 191 valence electrons. The first kappa shape index (κ1) is 26.1. The Morgan fingerprint density at radius 2 is 1.51 bits per heavy atom. The lowest BCUT2D eigenvalue weighted by molar-refractivity contribution is 0.0979. The zero-order valence-corrected chi connectivity index (χ0v) is 20.6. The second kappa shape index (κ2) is 12.8. The molecule has 0 spiro atoms. The number of benzene rings is 3. The number of amides is 2. The van der Waals surface area contributed by atoms with Gasteiger partial charge in [0.25, 0.3) is 0 Å². The number of ketones is 1. The third kappa shape index (κ3) is 6.81. The van der Waals surface area contributed by atoms with E-state index in [4.69, 9.17) is 10.5 Å². The minimum atomic E-state index is -0.540. The Morgan fingerprint density at radius 3 is 2.22 bits per heavy atom. The number of ether oxygens (including phenoxy) is 1. The van der Waals surface area contributed by atoms with Crippen LogP contribution in [0.15, 0.2) is 78.9 Å². The van der Waals surface area contributed by atoms with Crippen LogP contribution in [0.5, 0.6) is 0 Å². The molecule has 4 rings (SSSR count). The van der Waals surface area contributed by atoms with Crippen molar-refractivity contribution in [3.63, 3.8) is 0 Å². The van der Waals surface area contributed by atoms with Gasteiger partial charge in [-0.2, -0.15) is 0 Å². The monoisotopic (exact) mass is 499 g/mol. The number of Topliss-reactive ketones (excluding diaryl/α,β-unsaturated/α-hetero) is 1. The molecule has 37 heavy (non-hydrogen) atoms. The lowest BCUT2D eigenvalue weighted by atomic mass is 10.0. The largest absolute Gasteiger partial charge is 0.447 e. The summed E-state index contributed by atoms with van der Waals surface area (Å²) in [5.41, 5.74) is 8.79. The number of carbonyl (C=O) groups excluding carboxylic acids is 3. The first-order valence-corrected chi connectivity index (χ1v) is 12.4. The van der Waals surface area contributed by atoms with Crippen molar-refractivity contribution in [2.24, 2.45) is 5.73 Å². The van der Waals surface area contributed by atoms with E-state index in [9.17, 15) is 14.4 Å². The predicted molar refractivity (Wildman–Crippen MR) is 143 cm³/mol. The van der Waals surface area contributed by atoms with E-state index in [0.29, 0.717) is 17.7 Å². The molecule has 0 bridgehead atoms. The topological polar surface area (TPSA) is 105 Å². The molecule has 8 heteroatoms. The minimum absolute atomic E-state index is 0.0793. The summed E-state index contributed by atoms with van der Waals surface area (Å²) in [6.45, 7) is 1.95. The van der Waals surface area contributed by atoms with Crippen LogP contribution in [0.2, 0.25) is 0 Å². The number of anilines is 1. The number of para-hydroxylation sites is 1. The molecule has 1 aliphatic heterocycles. The maximum atomic E-state index is 13.4. The van der Waals surface area contributed by atoms with E-state index >= 15 is 0 Å². The molecule has 1 fully saturated rings. The number of carbonyl (C=O) groups is 3. The van der Waals surface area contributed by atoms with E-state index in [1.807, 2.05) is 59.6 Å². The fourth-order valence-corrected chi connectivity index (χ4v) is 4.22. The molecule has 3 aromatic carbocycles. The van der Waals surface area contributed by atoms with Gasteiger partial charge in [-0.15, -0.1) is 0 Å². The summed E-state index contributed by atoms with van der Waals surface area (Å²) >= 11 is 0. The van der Waals surface area contributed by atoms with Gasteiger partial charge in [0.2, 0.25) is 5.91 Å². The quantitative estimate of drug-likeness (QED) is 0.322. The van der Waals surface area contributed by atoms with E-state index in [0.717, 1.165) is 42.7 Å². The number of hydrogen-bond donors (Lipinski definition) is 2. The van der Waals surface area contributed by atoms with Crippen molar-refractivity contribution in [2.75, 3.05) is 37.8 Å². The second-order valence-corrected chi connectivity index (χ2v) is 8.67. The standard InChI is InChI=1S/C29H31N4O4/c30-28(35)24-15-13-23(14-16-24)27(34)21-31-17-20-37-29(36)33(32-18-7-2-8-19-32)26-12-6-5-11-25(26)22-9-3-1-4-10-22/h1-6,9-16,31H,7-8,17-21H2,(H2,30,35). The van der Waals surface area contributed by atoms with Gasteiger partial charge in [-0.1, -0.05) is 60.7 Å². The molecule has 1 aliphatic rings. The number of primary amides is 1. The zero-order chi connectivity index (χ0) is 26.0. The molecule has 3 aromatic rings. The minimum Gasteiger partial charge on any atom is -0.447 e. The molecule has 0 unspecified atom stereocenters. The van der Waals surface area contributed by atoms with Gasteiger partial charge in [0.1, 0.15) is 6.61 Å². The smallest absolute Gasteiger partial charge is 0.429 e. The molecule has 8 nitrogen and oxygen atoms in total. The van der Waals surface area contributed by atoms with Gasteiger partial charge in [-0.25, -0.2) is 14.8 Å². The zero-order valence-electron chi connectivity index (χ0n) is 20.6. The molecule has 0 atom stereocenters. The lowest BCUT2D eigenvalue weighted by Gasteiger charge is -2.37. The summed E-state index contributed by atoms with van der Waals surface area (Å²) in [5.74, 6) is -0.674. The average Bonchev–Trinajstić information content (AvgIpc) is 2.94. The third-order valence-corrected chi connectivity index (χ3v) is 6.14. The van der Waals surface area contributed by atoms with Gasteiger partial charge >= 0.3 is 6.09 Å². The number of piperidine rings is 1. The number of hydrazine groups is 1. The van der Waals surface area contributed by atoms with E-state index < -0.39 is 12.0 Å². The van der Waals surface area contributed by atoms with E-state index in [2.05, 4.69) is 11.7 Å². The summed E-state index contributed by atoms with van der Waals surface area (Å²) in [6, 6.07) is 24.0. The van der Waals surface area contributed by atoms with Crippen molar-refractivity contribution in [3.8, 4) is 11.1 Å². The number of nitrogens with zero attached hydrogens (tertiary/aromatic N) is 2. The Hall–Kier alpha value is -4.01. The van der Waals surface area contributed by atoms with Crippen LogP contribution in [0.25, 0.3) is 11.1 Å². The molecule has 1 saturated heterocycles. The van der Waals surface area contributed by atoms with Crippen LogP contribution in [-0.2, 0) is 4.74 Å². The summed E-state index contributed by atoms with van der Waals surface area (Å²) in [7, 11) is 0. The first-order chi connectivity index (χ1) is 18.0. The van der Waals surface area contributed by atoms with Gasteiger partial charge in [0.05, 0.1) is 12.2 Å². The summed E-state index contributed by atoms with van der Waals surface area (Å²) in [4.78, 5) is 36.9. The molecule has 1 heterocycles. The molecule has 2 amide bonds. The van der Waals surface area contributed by atoms with Crippen LogP contribution in [0.1, 0.15) is 33.6 Å². The molecular weight excluding hydrogens is 468 g/mol. The molecule has 0 saturated carbocycles. The Morgan fingerprint density at radius 1 is 0.865 bits per heavy atom. The van der Waals surface area contributed by atoms with Gasteiger partial charge in [0.15, 0.2) is 5.78 Å². The van der Waals surface area contributed by atoms with Crippen LogP contribution in [-0.4, -0.2) is 55.6 Å². The fraction of sp³-hybridized carbons (Fsp3) is 0.241. The fourth-order valence-electron chi connectivity index (χ4n) is 4.22. The summed E-state index contributed by atoms with van der Waals surface area (Å²) in [5, 5.41) is 6.68. The van der Waals surface area contributed by atoms with Crippen LogP contribution in [0, 0.1) is 6.42 Å². The Labute approximate surface area is 217 Å². The average molecular weight is 500 g/mol. The van der Waals surface area contributed by atoms with E-state index in [1.165, 1.54) is 12.1 Å². The highest BCUT2D eigenvalue weighted by atomic mass is 16.6. The lowest BCUT2D eigenvalue weighted by Crippen LogP contribution is -2.50. The van der Waals surface area contributed by atoms with Crippen molar-refractivity contribution in [3.05, 3.63) is 96.4 Å². The third-order valence-electron chi connectivity index (χ3n) is 6.14. The summed E-state index contributed by atoms with van der Waals surface area (Å²) in [6.07, 6.45) is 3.55. The second-order valence-electron chi connectivity index (χ2n) is 8.67. The van der Waals surface area contributed by atoms with Crippen LogP contribution < -0.4 is 16.1 Å². The summed E-state index contributed by atoms with van der Waals surface area (Å²) < 4.78 is 5.64. The SMILES string of the molecule is NC(=O)c1ccc(C(=O)CNCCOC(=O)N(c2ccccc2-c2ccccc2)N2CC[CH]CC2)cc1. The molecule has 3 N–H and O–H groups in total. The van der Waals surface area contributed by atoms with Crippen molar-refractivity contribution in [1.82, 2.24) is 10.3 Å². The number of rotatable bonds is 10. The van der Waals surface area contributed by atoms with Crippen molar-refractivity contribution in [2.45, 2.75) is 12.8 Å². The Balaban J connectivity index is 1.38. The first-order valence-electron chi connectivity index (χ1n) is 12.4. The van der Waals surface area contributed by atoms with Gasteiger partial charge in [-0.05, 0) is 43.0 Å². The van der Waals surface area contributed by atoms with Crippen LogP contribution in [0.4, 0.5) is 10.5 Å².